The summed E-state index contributed by atoms with van der Waals surface area (Å²) in [5.74, 6) is -1.38. The van der Waals surface area contributed by atoms with Crippen LogP contribution in [0.4, 0.5) is 4.79 Å². The largest absolute Gasteiger partial charge is 0.508 e. The first kappa shape index (κ1) is 24.3. The number of amides is 1. The molecule has 0 aromatic carbocycles. The highest BCUT2D eigenvalue weighted by Gasteiger charge is 2.63. The van der Waals surface area contributed by atoms with Crippen LogP contribution in [0.3, 0.4) is 0 Å². The molecule has 32 heavy (non-hydrogen) atoms. The molecule has 9 heteroatoms. The van der Waals surface area contributed by atoms with Gasteiger partial charge in [-0.2, -0.15) is 0 Å². The Balaban J connectivity index is 1.89. The smallest absolute Gasteiger partial charge is 0.457 e. The second-order valence-electron chi connectivity index (χ2n) is 9.34. The number of carbonyl (C=O) groups excluding carboxylic acids is 3. The minimum atomic E-state index is -1.91. The third-order valence-electron chi connectivity index (χ3n) is 5.97. The van der Waals surface area contributed by atoms with E-state index in [1.165, 1.54) is 17.1 Å². The molecule has 1 saturated heterocycles. The summed E-state index contributed by atoms with van der Waals surface area (Å²) < 4.78 is 22.0. The Morgan fingerprint density at radius 2 is 1.81 bits per heavy atom. The maximum absolute atomic E-state index is 13.2. The van der Waals surface area contributed by atoms with E-state index < -0.39 is 32.5 Å². The molecule has 3 aliphatic rings. The second-order valence-corrected chi connectivity index (χ2v) is 13.8. The van der Waals surface area contributed by atoms with Crippen molar-refractivity contribution in [2.45, 2.75) is 64.1 Å². The first-order valence-electron chi connectivity index (χ1n) is 11.1. The van der Waals surface area contributed by atoms with Crippen LogP contribution in [0.25, 0.3) is 0 Å². The van der Waals surface area contributed by atoms with Gasteiger partial charge in [0.15, 0.2) is 8.32 Å². The lowest BCUT2D eigenvalue weighted by molar-refractivity contribution is -0.165. The van der Waals surface area contributed by atoms with Gasteiger partial charge in [-0.15, -0.1) is 0 Å². The van der Waals surface area contributed by atoms with E-state index in [0.717, 1.165) is 24.8 Å². The van der Waals surface area contributed by atoms with Crippen LogP contribution in [0.15, 0.2) is 36.6 Å². The lowest BCUT2D eigenvalue weighted by atomic mass is 9.71. The molecule has 2 heterocycles. The molecule has 0 aromatic rings. The molecule has 0 aromatic heterocycles. The Labute approximate surface area is 190 Å². The highest BCUT2D eigenvalue weighted by atomic mass is 28.4. The Hall–Kier alpha value is -2.39. The summed E-state index contributed by atoms with van der Waals surface area (Å²) in [5, 5.41) is 0. The van der Waals surface area contributed by atoms with Gasteiger partial charge in [0, 0.05) is 5.92 Å². The summed E-state index contributed by atoms with van der Waals surface area (Å²) in [4.78, 5) is 39.6. The van der Waals surface area contributed by atoms with Gasteiger partial charge >= 0.3 is 12.1 Å². The van der Waals surface area contributed by atoms with Gasteiger partial charge in [-0.1, -0.05) is 25.3 Å². The van der Waals surface area contributed by atoms with Crippen LogP contribution in [-0.4, -0.2) is 62.7 Å². The zero-order valence-electron chi connectivity index (χ0n) is 19.3. The standard InChI is InChI=1S/C23H33NO7Si/c1-7-12-28-22(26)20-18-15(10-9-11-16(18)31-32(4,5)6)19-17(21(25)24(19)20)14(3)30-23(27)29-13-8-2/h7-8,14-17,19H,1-2,9-13H2,3-6H3/t14-,15+,16+,17-,19-/m1/s1. The summed E-state index contributed by atoms with van der Waals surface area (Å²) in [6.07, 6.45) is 3.74. The molecule has 1 saturated carbocycles. The van der Waals surface area contributed by atoms with Crippen molar-refractivity contribution in [1.82, 2.24) is 4.90 Å². The van der Waals surface area contributed by atoms with Crippen LogP contribution in [0.1, 0.15) is 26.2 Å². The van der Waals surface area contributed by atoms with Gasteiger partial charge in [-0.3, -0.25) is 4.79 Å². The van der Waals surface area contributed by atoms with Gasteiger partial charge in [0.1, 0.15) is 25.0 Å². The molecule has 0 N–H and O–H groups in total. The number of carbonyl (C=O) groups is 3. The molecule has 0 spiro atoms. The average molecular weight is 464 g/mol. The van der Waals surface area contributed by atoms with E-state index >= 15 is 0 Å². The van der Waals surface area contributed by atoms with Crippen molar-refractivity contribution in [3.05, 3.63) is 36.6 Å². The van der Waals surface area contributed by atoms with Crippen molar-refractivity contribution >= 4 is 26.3 Å². The Bertz CT molecular complexity index is 831. The number of hydrogen-bond donors (Lipinski definition) is 0. The number of fused-ring (bicyclic) bond motifs is 3. The normalized spacial score (nSPS) is 27.6. The van der Waals surface area contributed by atoms with Crippen LogP contribution < -0.4 is 0 Å². The maximum Gasteiger partial charge on any atom is 0.508 e. The summed E-state index contributed by atoms with van der Waals surface area (Å²) in [6.45, 7) is 15.2. The lowest BCUT2D eigenvalue weighted by Gasteiger charge is -2.48. The van der Waals surface area contributed by atoms with E-state index in [1.54, 1.807) is 6.92 Å². The molecule has 2 aliphatic heterocycles. The number of rotatable bonds is 9. The average Bonchev–Trinajstić information content (AvgIpc) is 3.01. The predicted octanol–water partition coefficient (Wildman–Crippen LogP) is 3.56. The zero-order chi connectivity index (χ0) is 23.6. The molecular formula is C23H33NO7Si. The molecule has 3 rings (SSSR count). The quantitative estimate of drug-likeness (QED) is 0.223. The number of nitrogens with zero attached hydrogens (tertiary/aromatic N) is 1. The topological polar surface area (TPSA) is 91.4 Å². The number of esters is 1. The minimum Gasteiger partial charge on any atom is -0.457 e. The highest BCUT2D eigenvalue weighted by Crippen LogP contribution is 2.53. The van der Waals surface area contributed by atoms with E-state index in [1.807, 2.05) is 0 Å². The molecular weight excluding hydrogens is 430 g/mol. The van der Waals surface area contributed by atoms with Gasteiger partial charge in [-0.05, 0) is 51.4 Å². The van der Waals surface area contributed by atoms with E-state index in [-0.39, 0.29) is 37.2 Å². The minimum absolute atomic E-state index is 0.0308. The van der Waals surface area contributed by atoms with Crippen LogP contribution in [-0.2, 0) is 28.2 Å². The van der Waals surface area contributed by atoms with Crippen molar-refractivity contribution in [3.8, 4) is 0 Å². The number of hydrogen-bond acceptors (Lipinski definition) is 7. The fourth-order valence-corrected chi connectivity index (χ4v) is 6.05. The van der Waals surface area contributed by atoms with Crippen LogP contribution >= 0.6 is 0 Å². The molecule has 0 unspecified atom stereocenters. The van der Waals surface area contributed by atoms with Gasteiger partial charge in [-0.25, -0.2) is 9.59 Å². The van der Waals surface area contributed by atoms with Gasteiger partial charge in [0.05, 0.1) is 18.1 Å². The molecule has 1 amide bonds. The molecule has 5 atom stereocenters. The monoisotopic (exact) mass is 463 g/mol. The number of ether oxygens (including phenoxy) is 3. The summed E-state index contributed by atoms with van der Waals surface area (Å²) >= 11 is 0. The van der Waals surface area contributed by atoms with Crippen LogP contribution in [0, 0.1) is 11.8 Å². The Kier molecular flexibility index (Phi) is 7.29. The van der Waals surface area contributed by atoms with Crippen molar-refractivity contribution in [2.75, 3.05) is 13.2 Å². The van der Waals surface area contributed by atoms with E-state index in [4.69, 9.17) is 18.6 Å². The van der Waals surface area contributed by atoms with Crippen molar-refractivity contribution in [3.63, 3.8) is 0 Å². The third-order valence-corrected chi connectivity index (χ3v) is 6.96. The highest BCUT2D eigenvalue weighted by molar-refractivity contribution is 6.69. The van der Waals surface area contributed by atoms with Crippen LogP contribution in [0.2, 0.25) is 19.6 Å². The first-order chi connectivity index (χ1) is 15.1. The summed E-state index contributed by atoms with van der Waals surface area (Å²) in [7, 11) is -1.91. The van der Waals surface area contributed by atoms with E-state index in [9.17, 15) is 14.4 Å². The SMILES string of the molecule is C=CCOC(=O)O[C@H](C)[C@H]1C(=O)N2C(C(=O)OCC=C)=C3[C@@H](O[Si](C)(C)C)CCC[C@@H]3[C@H]12. The van der Waals surface area contributed by atoms with E-state index in [0.29, 0.717) is 5.70 Å². The number of β-lactam (4-membered cyclic amide) rings is 1. The van der Waals surface area contributed by atoms with Crippen molar-refractivity contribution < 1.29 is 33.0 Å². The zero-order valence-corrected chi connectivity index (χ0v) is 20.3. The summed E-state index contributed by atoms with van der Waals surface area (Å²) in [6, 6.07) is -0.265. The fraction of sp³-hybridized carbons (Fsp3) is 0.609. The predicted molar refractivity (Wildman–Crippen MR) is 120 cm³/mol. The lowest BCUT2D eigenvalue weighted by Crippen LogP contribution is -2.64. The van der Waals surface area contributed by atoms with Gasteiger partial charge < -0.3 is 23.5 Å². The van der Waals surface area contributed by atoms with Crippen LogP contribution in [0.5, 0.6) is 0 Å². The van der Waals surface area contributed by atoms with Crippen molar-refractivity contribution in [1.29, 1.82) is 0 Å². The van der Waals surface area contributed by atoms with Crippen molar-refractivity contribution in [2.24, 2.45) is 11.8 Å². The molecule has 0 bridgehead atoms. The Morgan fingerprint density at radius 3 is 2.44 bits per heavy atom. The molecule has 176 valence electrons. The first-order valence-corrected chi connectivity index (χ1v) is 14.5. The second kappa shape index (κ2) is 9.62. The molecule has 1 aliphatic carbocycles. The maximum atomic E-state index is 13.2. The molecule has 8 nitrogen and oxygen atoms in total. The Morgan fingerprint density at radius 1 is 1.16 bits per heavy atom. The molecule has 2 fully saturated rings. The van der Waals surface area contributed by atoms with E-state index in [2.05, 4.69) is 32.8 Å². The molecule has 0 radical (unpaired) electrons. The van der Waals surface area contributed by atoms with Gasteiger partial charge in [0.2, 0.25) is 5.91 Å². The van der Waals surface area contributed by atoms with Gasteiger partial charge in [0.25, 0.3) is 0 Å². The summed E-state index contributed by atoms with van der Waals surface area (Å²) in [5.41, 5.74) is 1.16. The third kappa shape index (κ3) is 4.68. The fourth-order valence-electron chi connectivity index (χ4n) is 4.95.